The molecule has 0 aliphatic heterocycles. The Balaban J connectivity index is 1.06. The van der Waals surface area contributed by atoms with E-state index < -0.39 is 24.3 Å². The van der Waals surface area contributed by atoms with Crippen LogP contribution < -0.4 is 21.3 Å². The van der Waals surface area contributed by atoms with Gasteiger partial charge in [-0.05, 0) is 35.1 Å². The Labute approximate surface area is 319 Å². The fraction of sp³-hybridized carbons (Fsp3) is 0.364. The first-order valence-electron chi connectivity index (χ1n) is 19.0. The van der Waals surface area contributed by atoms with Crippen LogP contribution in [0.3, 0.4) is 0 Å². The summed E-state index contributed by atoms with van der Waals surface area (Å²) in [5.41, 5.74) is 3.64. The number of unbranched alkanes of at least 4 members (excludes halogenated alkanes) is 7. The minimum absolute atomic E-state index is 0.131. The molecule has 0 saturated carbocycles. The van der Waals surface area contributed by atoms with Crippen molar-refractivity contribution in [1.82, 2.24) is 21.3 Å². The summed E-state index contributed by atoms with van der Waals surface area (Å²) >= 11 is 0. The van der Waals surface area contributed by atoms with Crippen molar-refractivity contribution in [2.45, 2.75) is 89.5 Å². The molecule has 0 spiro atoms. The van der Waals surface area contributed by atoms with E-state index in [1.807, 2.05) is 121 Å². The fourth-order valence-electron chi connectivity index (χ4n) is 5.91. The molecule has 0 unspecified atom stereocenters. The normalized spacial score (nSPS) is 11.8. The SMILES string of the molecule is O=C(N[C@@H](Cc1ccccc1)C(=O)NCCCCCCCCCCNC(=O)[C@H](Cc1ccccc1)NC(=O)OCc1ccccc1)OCc1ccccc1. The molecular formula is C44H54N4O6. The molecule has 4 aromatic carbocycles. The van der Waals surface area contributed by atoms with Crippen molar-refractivity contribution in [2.75, 3.05) is 13.1 Å². The molecular weight excluding hydrogens is 681 g/mol. The van der Waals surface area contributed by atoms with Crippen LogP contribution in [-0.2, 0) is 45.1 Å². The van der Waals surface area contributed by atoms with Crippen LogP contribution in [0, 0.1) is 0 Å². The first-order valence-corrected chi connectivity index (χ1v) is 19.0. The monoisotopic (exact) mass is 734 g/mol. The number of hydrogen-bond donors (Lipinski definition) is 4. The van der Waals surface area contributed by atoms with Gasteiger partial charge in [0.25, 0.3) is 0 Å². The number of amides is 4. The van der Waals surface area contributed by atoms with Gasteiger partial charge in [-0.3, -0.25) is 9.59 Å². The molecule has 4 aromatic rings. The largest absolute Gasteiger partial charge is 0.445 e. The average molecular weight is 735 g/mol. The predicted molar refractivity (Wildman–Crippen MR) is 210 cm³/mol. The lowest BCUT2D eigenvalue weighted by Crippen LogP contribution is -2.48. The Kier molecular flexibility index (Phi) is 18.7. The molecule has 0 bridgehead atoms. The molecule has 0 radical (unpaired) electrons. The van der Waals surface area contributed by atoms with Crippen LogP contribution in [0.2, 0.25) is 0 Å². The Hall–Kier alpha value is -5.64. The summed E-state index contributed by atoms with van der Waals surface area (Å²) in [4.78, 5) is 51.2. The third kappa shape index (κ3) is 16.8. The molecule has 0 aliphatic rings. The van der Waals surface area contributed by atoms with Crippen LogP contribution in [0.5, 0.6) is 0 Å². The zero-order valence-electron chi connectivity index (χ0n) is 31.1. The lowest BCUT2D eigenvalue weighted by atomic mass is 10.0. The van der Waals surface area contributed by atoms with Gasteiger partial charge in [-0.15, -0.1) is 0 Å². The van der Waals surface area contributed by atoms with E-state index in [2.05, 4.69) is 21.3 Å². The summed E-state index contributed by atoms with van der Waals surface area (Å²) in [5, 5.41) is 11.5. The third-order valence-electron chi connectivity index (χ3n) is 8.91. The van der Waals surface area contributed by atoms with Crippen molar-refractivity contribution in [3.63, 3.8) is 0 Å². The minimum atomic E-state index is -0.743. The van der Waals surface area contributed by atoms with Crippen LogP contribution in [0.25, 0.3) is 0 Å². The second-order valence-electron chi connectivity index (χ2n) is 13.3. The van der Waals surface area contributed by atoms with Gasteiger partial charge in [-0.25, -0.2) is 9.59 Å². The van der Waals surface area contributed by atoms with E-state index in [0.717, 1.165) is 73.6 Å². The number of nitrogens with one attached hydrogen (secondary N) is 4. The lowest BCUT2D eigenvalue weighted by Gasteiger charge is -2.19. The highest BCUT2D eigenvalue weighted by Crippen LogP contribution is 2.10. The predicted octanol–water partition coefficient (Wildman–Crippen LogP) is 7.42. The molecule has 10 nitrogen and oxygen atoms in total. The van der Waals surface area contributed by atoms with Crippen molar-refractivity contribution in [3.8, 4) is 0 Å². The molecule has 0 fully saturated rings. The molecule has 4 rings (SSSR count). The van der Waals surface area contributed by atoms with Gasteiger partial charge in [0.1, 0.15) is 25.3 Å². The highest BCUT2D eigenvalue weighted by Gasteiger charge is 2.23. The second-order valence-corrected chi connectivity index (χ2v) is 13.3. The van der Waals surface area contributed by atoms with Crippen molar-refractivity contribution < 1.29 is 28.7 Å². The number of alkyl carbamates (subject to hydrolysis) is 2. The fourth-order valence-corrected chi connectivity index (χ4v) is 5.91. The van der Waals surface area contributed by atoms with Gasteiger partial charge in [0.2, 0.25) is 11.8 Å². The second kappa shape index (κ2) is 24.6. The minimum Gasteiger partial charge on any atom is -0.445 e. The number of rotatable bonds is 23. The number of hydrogen-bond acceptors (Lipinski definition) is 6. The van der Waals surface area contributed by atoms with E-state index >= 15 is 0 Å². The Morgan fingerprint density at radius 2 is 0.704 bits per heavy atom. The number of carbonyl (C=O) groups excluding carboxylic acids is 4. The summed E-state index contributed by atoms with van der Waals surface area (Å²) in [6.07, 6.45) is 7.51. The van der Waals surface area contributed by atoms with Crippen molar-refractivity contribution in [3.05, 3.63) is 144 Å². The van der Waals surface area contributed by atoms with Gasteiger partial charge in [0, 0.05) is 25.9 Å². The summed E-state index contributed by atoms with van der Waals surface area (Å²) in [6, 6.07) is 36.6. The molecule has 54 heavy (non-hydrogen) atoms. The van der Waals surface area contributed by atoms with Crippen LogP contribution in [0.4, 0.5) is 9.59 Å². The maximum Gasteiger partial charge on any atom is 0.408 e. The smallest absolute Gasteiger partial charge is 0.408 e. The van der Waals surface area contributed by atoms with Gasteiger partial charge in [-0.1, -0.05) is 160 Å². The number of ether oxygens (including phenoxy) is 2. The zero-order chi connectivity index (χ0) is 38.1. The van der Waals surface area contributed by atoms with Crippen LogP contribution in [0.1, 0.15) is 73.6 Å². The highest BCUT2D eigenvalue weighted by atomic mass is 16.6. The maximum atomic E-state index is 13.1. The lowest BCUT2D eigenvalue weighted by molar-refractivity contribution is -0.123. The molecule has 286 valence electrons. The Morgan fingerprint density at radius 3 is 1.04 bits per heavy atom. The third-order valence-corrected chi connectivity index (χ3v) is 8.91. The van der Waals surface area contributed by atoms with Gasteiger partial charge >= 0.3 is 12.2 Å². The number of carbonyl (C=O) groups is 4. The summed E-state index contributed by atoms with van der Waals surface area (Å²) in [6.45, 7) is 1.34. The topological polar surface area (TPSA) is 135 Å². The van der Waals surface area contributed by atoms with Gasteiger partial charge in [0.15, 0.2) is 0 Å². The average Bonchev–Trinajstić information content (AvgIpc) is 3.20. The molecule has 4 N–H and O–H groups in total. The molecule has 0 aliphatic carbocycles. The van der Waals surface area contributed by atoms with Crippen molar-refractivity contribution in [2.24, 2.45) is 0 Å². The van der Waals surface area contributed by atoms with Crippen LogP contribution in [0.15, 0.2) is 121 Å². The summed E-state index contributed by atoms with van der Waals surface area (Å²) in [7, 11) is 0. The summed E-state index contributed by atoms with van der Waals surface area (Å²) < 4.78 is 10.7. The Morgan fingerprint density at radius 1 is 0.407 bits per heavy atom. The van der Waals surface area contributed by atoms with Gasteiger partial charge in [0.05, 0.1) is 0 Å². The zero-order valence-corrected chi connectivity index (χ0v) is 31.1. The molecule has 0 heterocycles. The molecule has 0 aromatic heterocycles. The van der Waals surface area contributed by atoms with Crippen LogP contribution in [-0.4, -0.2) is 49.2 Å². The van der Waals surface area contributed by atoms with E-state index in [4.69, 9.17) is 9.47 Å². The first kappa shape index (κ1) is 41.1. The maximum absolute atomic E-state index is 13.1. The summed E-state index contributed by atoms with van der Waals surface area (Å²) in [5.74, 6) is -0.458. The van der Waals surface area contributed by atoms with Crippen molar-refractivity contribution in [1.29, 1.82) is 0 Å². The molecule has 2 atom stereocenters. The van der Waals surface area contributed by atoms with E-state index in [0.29, 0.717) is 25.9 Å². The highest BCUT2D eigenvalue weighted by molar-refractivity contribution is 5.86. The van der Waals surface area contributed by atoms with Crippen LogP contribution >= 0.6 is 0 Å². The van der Waals surface area contributed by atoms with Gasteiger partial charge < -0.3 is 30.7 Å². The van der Waals surface area contributed by atoms with Crippen molar-refractivity contribution >= 4 is 24.0 Å². The number of benzene rings is 4. The first-order chi connectivity index (χ1) is 26.5. The van der Waals surface area contributed by atoms with E-state index in [-0.39, 0.29) is 25.0 Å². The molecule has 4 amide bonds. The van der Waals surface area contributed by atoms with E-state index in [9.17, 15) is 19.2 Å². The molecule has 0 saturated heterocycles. The van der Waals surface area contributed by atoms with E-state index in [1.165, 1.54) is 0 Å². The quantitative estimate of drug-likeness (QED) is 0.0587. The standard InChI is InChI=1S/C44H54N4O6/c49-41(39(31-35-21-11-7-12-22-35)47-43(51)53-33-37-25-15-9-16-26-37)45-29-19-5-3-1-2-4-6-20-30-46-42(50)40(32-36-23-13-8-14-24-36)48-44(52)54-34-38-27-17-10-18-28-38/h7-18,21-28,39-40H,1-6,19-20,29-34H2,(H,45,49)(H,46,50)(H,47,51)(H,48,52)/t39-,40-/m0/s1. The van der Waals surface area contributed by atoms with E-state index in [1.54, 1.807) is 0 Å². The molecule has 10 heteroatoms. The Bertz CT molecular complexity index is 1530. The van der Waals surface area contributed by atoms with Gasteiger partial charge in [-0.2, -0.15) is 0 Å².